The Morgan fingerprint density at radius 1 is 1.03 bits per heavy atom. The molecule has 0 aliphatic carbocycles. The number of aromatic nitrogens is 3. The van der Waals surface area contributed by atoms with Gasteiger partial charge in [0.25, 0.3) is 5.91 Å². The van der Waals surface area contributed by atoms with Crippen molar-refractivity contribution < 1.29 is 22.0 Å². The van der Waals surface area contributed by atoms with E-state index < -0.39 is 15.7 Å². The number of amides is 1. The smallest absolute Gasteiger partial charge is 0.302 e. The summed E-state index contributed by atoms with van der Waals surface area (Å²) in [5.41, 5.74) is 1.88. The summed E-state index contributed by atoms with van der Waals surface area (Å²) < 4.78 is 34.1. The van der Waals surface area contributed by atoms with Crippen molar-refractivity contribution >= 4 is 21.8 Å². The second-order valence-electron chi connectivity index (χ2n) is 6.41. The Kier molecular flexibility index (Phi) is 4.92. The van der Waals surface area contributed by atoms with Crippen molar-refractivity contribution in [3.8, 4) is 22.6 Å². The van der Waals surface area contributed by atoms with Crippen LogP contribution in [-0.2, 0) is 9.84 Å². The van der Waals surface area contributed by atoms with Gasteiger partial charge in [0.1, 0.15) is 17.7 Å². The van der Waals surface area contributed by atoms with Crippen LogP contribution in [0.5, 0.6) is 0 Å². The molecular formula is C20H16N4O5S. The Labute approximate surface area is 171 Å². The monoisotopic (exact) mass is 424 g/mol. The van der Waals surface area contributed by atoms with Gasteiger partial charge in [0.15, 0.2) is 15.7 Å². The van der Waals surface area contributed by atoms with E-state index in [9.17, 15) is 13.2 Å². The average molecular weight is 424 g/mol. The molecule has 0 spiro atoms. The molecule has 9 nitrogen and oxygen atoms in total. The summed E-state index contributed by atoms with van der Waals surface area (Å²) in [6.45, 7) is 1.61. The molecule has 0 aliphatic heterocycles. The van der Waals surface area contributed by atoms with Gasteiger partial charge in [0.2, 0.25) is 5.76 Å². The van der Waals surface area contributed by atoms with Crippen molar-refractivity contribution in [2.75, 3.05) is 11.6 Å². The number of aryl methyl sites for hydroxylation is 1. The first-order valence-electron chi connectivity index (χ1n) is 8.77. The van der Waals surface area contributed by atoms with Gasteiger partial charge in [0.05, 0.1) is 10.6 Å². The minimum absolute atomic E-state index is 0.0203. The zero-order valence-corrected chi connectivity index (χ0v) is 16.8. The fourth-order valence-electron chi connectivity index (χ4n) is 2.75. The number of rotatable bonds is 5. The Morgan fingerprint density at radius 3 is 2.47 bits per heavy atom. The molecule has 0 unspecified atom stereocenters. The van der Waals surface area contributed by atoms with Gasteiger partial charge < -0.3 is 8.83 Å². The largest absolute Gasteiger partial charge is 0.435 e. The molecule has 3 heterocycles. The fraction of sp³-hybridized carbons (Fsp3) is 0.100. The minimum atomic E-state index is -3.33. The van der Waals surface area contributed by atoms with Gasteiger partial charge in [-0.3, -0.25) is 15.1 Å². The van der Waals surface area contributed by atoms with Crippen LogP contribution in [0.1, 0.15) is 16.4 Å². The molecule has 3 aromatic heterocycles. The molecule has 4 aromatic rings. The maximum absolute atomic E-state index is 12.7. The van der Waals surface area contributed by atoms with Crippen molar-refractivity contribution in [2.24, 2.45) is 0 Å². The average Bonchev–Trinajstić information content (AvgIpc) is 3.35. The third-order valence-corrected chi connectivity index (χ3v) is 5.28. The molecule has 30 heavy (non-hydrogen) atoms. The second kappa shape index (κ2) is 7.56. The lowest BCUT2D eigenvalue weighted by Crippen LogP contribution is -2.12. The van der Waals surface area contributed by atoms with Crippen molar-refractivity contribution in [3.05, 3.63) is 66.6 Å². The van der Waals surface area contributed by atoms with Gasteiger partial charge in [-0.2, -0.15) is 4.98 Å². The Morgan fingerprint density at radius 2 is 1.80 bits per heavy atom. The number of nitrogens with zero attached hydrogens (tertiary/aromatic N) is 3. The van der Waals surface area contributed by atoms with E-state index in [2.05, 4.69) is 20.3 Å². The highest BCUT2D eigenvalue weighted by Gasteiger charge is 2.22. The van der Waals surface area contributed by atoms with Crippen LogP contribution < -0.4 is 5.32 Å². The molecule has 0 aliphatic rings. The van der Waals surface area contributed by atoms with Gasteiger partial charge >= 0.3 is 6.01 Å². The van der Waals surface area contributed by atoms with Crippen molar-refractivity contribution in [1.29, 1.82) is 0 Å². The molecule has 0 fully saturated rings. The molecular weight excluding hydrogens is 408 g/mol. The fourth-order valence-corrected chi connectivity index (χ4v) is 3.38. The molecule has 152 valence electrons. The van der Waals surface area contributed by atoms with Crippen LogP contribution in [0, 0.1) is 6.92 Å². The number of carbonyl (C=O) groups excluding carboxylic acids is 1. The van der Waals surface area contributed by atoms with Gasteiger partial charge in [0, 0.05) is 24.9 Å². The number of hydrogen-bond acceptors (Lipinski definition) is 8. The first-order valence-corrected chi connectivity index (χ1v) is 10.7. The van der Waals surface area contributed by atoms with Gasteiger partial charge in [-0.25, -0.2) is 13.4 Å². The van der Waals surface area contributed by atoms with E-state index in [1.807, 2.05) is 6.07 Å². The Hall–Kier alpha value is -3.79. The number of hydrogen-bond donors (Lipinski definition) is 1. The molecule has 1 amide bonds. The molecule has 10 heteroatoms. The van der Waals surface area contributed by atoms with E-state index >= 15 is 0 Å². The van der Waals surface area contributed by atoms with Gasteiger partial charge in [-0.15, -0.1) is 0 Å². The summed E-state index contributed by atoms with van der Waals surface area (Å²) in [5, 5.41) is 2.53. The summed E-state index contributed by atoms with van der Waals surface area (Å²) in [6, 6.07) is 11.4. The highest BCUT2D eigenvalue weighted by Crippen LogP contribution is 2.26. The Balaban J connectivity index is 1.59. The SMILES string of the molecule is Cc1nc(-c2ccc(S(C)(=O)=O)cc2)c(C(=O)Nc2nc(-c3ccccn3)co2)o1. The number of pyridine rings is 1. The number of benzene rings is 1. The van der Waals surface area contributed by atoms with Crippen LogP contribution in [0.25, 0.3) is 22.6 Å². The maximum atomic E-state index is 12.7. The third-order valence-electron chi connectivity index (χ3n) is 4.15. The second-order valence-corrected chi connectivity index (χ2v) is 8.43. The third kappa shape index (κ3) is 3.98. The lowest BCUT2D eigenvalue weighted by atomic mass is 10.1. The molecule has 4 rings (SSSR count). The van der Waals surface area contributed by atoms with Crippen LogP contribution in [0.2, 0.25) is 0 Å². The predicted octanol–water partition coefficient (Wildman–Crippen LogP) is 3.36. The van der Waals surface area contributed by atoms with E-state index in [0.717, 1.165) is 6.26 Å². The number of oxazole rings is 2. The molecule has 0 radical (unpaired) electrons. The topological polar surface area (TPSA) is 128 Å². The standard InChI is InChI=1S/C20H16N4O5S/c1-12-22-17(13-6-8-14(9-7-13)30(2,26)27)18(29-12)19(25)24-20-23-16(11-28-20)15-5-3-4-10-21-15/h3-11H,1-2H3,(H,23,24,25). The first-order chi connectivity index (χ1) is 14.3. The van der Waals surface area contributed by atoms with E-state index in [-0.39, 0.29) is 28.3 Å². The van der Waals surface area contributed by atoms with Crippen LogP contribution in [-0.4, -0.2) is 35.5 Å². The Bertz CT molecular complexity index is 1310. The van der Waals surface area contributed by atoms with E-state index in [1.54, 1.807) is 37.4 Å². The molecule has 0 saturated heterocycles. The molecule has 0 saturated carbocycles. The van der Waals surface area contributed by atoms with Crippen LogP contribution in [0.4, 0.5) is 6.01 Å². The number of sulfone groups is 1. The summed E-state index contributed by atoms with van der Waals surface area (Å²) >= 11 is 0. The van der Waals surface area contributed by atoms with Crippen LogP contribution in [0.3, 0.4) is 0 Å². The highest BCUT2D eigenvalue weighted by molar-refractivity contribution is 7.90. The zero-order valence-electron chi connectivity index (χ0n) is 16.0. The van der Waals surface area contributed by atoms with E-state index in [0.29, 0.717) is 17.0 Å². The highest BCUT2D eigenvalue weighted by atomic mass is 32.2. The minimum Gasteiger partial charge on any atom is -0.435 e. The normalized spacial score (nSPS) is 11.4. The lowest BCUT2D eigenvalue weighted by molar-refractivity contribution is 0.0993. The quantitative estimate of drug-likeness (QED) is 0.516. The summed E-state index contributed by atoms with van der Waals surface area (Å²) in [7, 11) is -3.33. The molecule has 1 N–H and O–H groups in total. The van der Waals surface area contributed by atoms with Crippen LogP contribution >= 0.6 is 0 Å². The van der Waals surface area contributed by atoms with Crippen molar-refractivity contribution in [3.63, 3.8) is 0 Å². The predicted molar refractivity (Wildman–Crippen MR) is 107 cm³/mol. The van der Waals surface area contributed by atoms with Crippen LogP contribution in [0.15, 0.2) is 68.7 Å². The lowest BCUT2D eigenvalue weighted by Gasteiger charge is -2.03. The zero-order chi connectivity index (χ0) is 21.3. The van der Waals surface area contributed by atoms with Crippen molar-refractivity contribution in [2.45, 2.75) is 11.8 Å². The van der Waals surface area contributed by atoms with E-state index in [4.69, 9.17) is 8.83 Å². The molecule has 1 aromatic carbocycles. The summed E-state index contributed by atoms with van der Waals surface area (Å²) in [5.74, 6) is -0.367. The van der Waals surface area contributed by atoms with Gasteiger partial charge in [-0.1, -0.05) is 18.2 Å². The van der Waals surface area contributed by atoms with Gasteiger partial charge in [-0.05, 0) is 24.3 Å². The molecule has 0 atom stereocenters. The number of nitrogens with one attached hydrogen (secondary N) is 1. The first kappa shape index (κ1) is 19.5. The molecule has 0 bridgehead atoms. The maximum Gasteiger partial charge on any atom is 0.302 e. The van der Waals surface area contributed by atoms with Crippen molar-refractivity contribution in [1.82, 2.24) is 15.0 Å². The number of anilines is 1. The number of carbonyl (C=O) groups is 1. The van der Waals surface area contributed by atoms with E-state index in [1.165, 1.54) is 18.4 Å². The summed E-state index contributed by atoms with van der Waals surface area (Å²) in [6.07, 6.45) is 4.13. The summed E-state index contributed by atoms with van der Waals surface area (Å²) in [4.78, 5) is 25.5.